The summed E-state index contributed by atoms with van der Waals surface area (Å²) in [6.07, 6.45) is 0. The van der Waals surface area contributed by atoms with E-state index in [-0.39, 0.29) is 17.4 Å². The minimum Gasteiger partial charge on any atom is -0.340 e. The van der Waals surface area contributed by atoms with E-state index in [0.29, 0.717) is 17.2 Å². The summed E-state index contributed by atoms with van der Waals surface area (Å²) in [5, 5.41) is 6.06. The van der Waals surface area contributed by atoms with Gasteiger partial charge in [0.15, 0.2) is 5.78 Å². The summed E-state index contributed by atoms with van der Waals surface area (Å²) in [7, 11) is 0. The first-order valence-electron chi connectivity index (χ1n) is 8.95. The number of ketones is 1. The molecule has 0 aliphatic rings. The number of carbonyl (C=O) groups excluding carboxylic acids is 2. The van der Waals surface area contributed by atoms with E-state index in [0.717, 1.165) is 22.5 Å². The third-order valence-corrected chi connectivity index (χ3v) is 4.49. The number of aryl methyl sites for hydroxylation is 2. The molecule has 0 aliphatic heterocycles. The molecule has 1 amide bonds. The second kappa shape index (κ2) is 8.00. The van der Waals surface area contributed by atoms with E-state index in [4.69, 9.17) is 0 Å². The number of anilines is 3. The Morgan fingerprint density at radius 2 is 1.64 bits per heavy atom. The van der Waals surface area contributed by atoms with Crippen LogP contribution in [0.2, 0.25) is 0 Å². The number of Topliss-reactive ketones (excluding diaryl/α,β-unsaturated/α-hetero) is 1. The van der Waals surface area contributed by atoms with Crippen LogP contribution in [0.25, 0.3) is 0 Å². The Kier molecular flexibility index (Phi) is 5.49. The molecule has 0 unspecified atom stereocenters. The van der Waals surface area contributed by atoms with Gasteiger partial charge in [-0.1, -0.05) is 12.1 Å². The van der Waals surface area contributed by atoms with E-state index in [1.54, 1.807) is 37.3 Å². The molecule has 2 aromatic carbocycles. The smallest absolute Gasteiger partial charge is 0.274 e. The molecule has 6 nitrogen and oxygen atoms in total. The van der Waals surface area contributed by atoms with Gasteiger partial charge in [0, 0.05) is 23.0 Å². The Balaban J connectivity index is 1.81. The summed E-state index contributed by atoms with van der Waals surface area (Å²) in [5.41, 5.74) is 4.56. The monoisotopic (exact) mass is 374 g/mol. The van der Waals surface area contributed by atoms with Gasteiger partial charge in [-0.3, -0.25) is 9.59 Å². The molecule has 0 saturated heterocycles. The van der Waals surface area contributed by atoms with Crippen molar-refractivity contribution in [2.24, 2.45) is 0 Å². The van der Waals surface area contributed by atoms with Crippen molar-refractivity contribution in [3.63, 3.8) is 0 Å². The predicted octanol–water partition coefficient (Wildman–Crippen LogP) is 4.60. The SMILES string of the molecule is CC(=O)c1ccc(Nc2cc(C(=O)Nc3cccc(C)c3C)nc(C)n2)cc1. The summed E-state index contributed by atoms with van der Waals surface area (Å²) in [6, 6.07) is 14.4. The van der Waals surface area contributed by atoms with Crippen molar-refractivity contribution in [2.75, 3.05) is 10.6 Å². The number of rotatable bonds is 5. The minimum absolute atomic E-state index is 0.00910. The normalized spacial score (nSPS) is 10.4. The molecule has 0 bridgehead atoms. The Morgan fingerprint density at radius 1 is 0.929 bits per heavy atom. The first kappa shape index (κ1) is 19.2. The molecule has 0 atom stereocenters. The van der Waals surface area contributed by atoms with Gasteiger partial charge in [0.1, 0.15) is 17.3 Å². The maximum absolute atomic E-state index is 12.7. The fraction of sp³-hybridized carbons (Fsp3) is 0.182. The van der Waals surface area contributed by atoms with Gasteiger partial charge in [-0.25, -0.2) is 9.97 Å². The third-order valence-electron chi connectivity index (χ3n) is 4.49. The first-order chi connectivity index (χ1) is 13.3. The van der Waals surface area contributed by atoms with E-state index in [1.165, 1.54) is 6.92 Å². The lowest BCUT2D eigenvalue weighted by Gasteiger charge is -2.12. The second-order valence-electron chi connectivity index (χ2n) is 6.65. The number of nitrogens with zero attached hydrogens (tertiary/aromatic N) is 2. The first-order valence-corrected chi connectivity index (χ1v) is 8.95. The summed E-state index contributed by atoms with van der Waals surface area (Å²) >= 11 is 0. The van der Waals surface area contributed by atoms with Crippen LogP contribution in [0.3, 0.4) is 0 Å². The van der Waals surface area contributed by atoms with Crippen LogP contribution in [-0.2, 0) is 0 Å². The number of hydrogen-bond donors (Lipinski definition) is 2. The number of benzene rings is 2. The van der Waals surface area contributed by atoms with Crippen molar-refractivity contribution >= 4 is 28.9 Å². The summed E-state index contributed by atoms with van der Waals surface area (Å²) in [5.74, 6) is 0.703. The van der Waals surface area contributed by atoms with Crippen molar-refractivity contribution in [3.8, 4) is 0 Å². The van der Waals surface area contributed by atoms with E-state index in [2.05, 4.69) is 20.6 Å². The molecule has 142 valence electrons. The highest BCUT2D eigenvalue weighted by molar-refractivity contribution is 6.03. The largest absolute Gasteiger partial charge is 0.340 e. The van der Waals surface area contributed by atoms with Crippen molar-refractivity contribution in [1.82, 2.24) is 9.97 Å². The fourth-order valence-corrected chi connectivity index (χ4v) is 2.76. The van der Waals surface area contributed by atoms with Crippen molar-refractivity contribution in [3.05, 3.63) is 76.7 Å². The molecular weight excluding hydrogens is 352 g/mol. The third kappa shape index (κ3) is 4.40. The number of carbonyl (C=O) groups is 2. The zero-order valence-corrected chi connectivity index (χ0v) is 16.3. The Morgan fingerprint density at radius 3 is 2.32 bits per heavy atom. The molecule has 0 saturated carbocycles. The van der Waals surface area contributed by atoms with E-state index in [1.807, 2.05) is 32.0 Å². The van der Waals surface area contributed by atoms with Gasteiger partial charge in [-0.05, 0) is 69.2 Å². The van der Waals surface area contributed by atoms with Gasteiger partial charge in [0.2, 0.25) is 0 Å². The van der Waals surface area contributed by atoms with Crippen molar-refractivity contribution < 1.29 is 9.59 Å². The van der Waals surface area contributed by atoms with Gasteiger partial charge in [0.05, 0.1) is 0 Å². The number of aromatic nitrogens is 2. The maximum Gasteiger partial charge on any atom is 0.274 e. The molecule has 3 aromatic rings. The molecule has 3 rings (SSSR count). The van der Waals surface area contributed by atoms with Crippen LogP contribution in [0.1, 0.15) is 44.7 Å². The minimum atomic E-state index is -0.297. The molecule has 0 radical (unpaired) electrons. The highest BCUT2D eigenvalue weighted by Crippen LogP contribution is 2.20. The van der Waals surface area contributed by atoms with Crippen molar-refractivity contribution in [1.29, 1.82) is 0 Å². The maximum atomic E-state index is 12.7. The van der Waals surface area contributed by atoms with Crippen LogP contribution in [0, 0.1) is 20.8 Å². The lowest BCUT2D eigenvalue weighted by atomic mass is 10.1. The molecule has 28 heavy (non-hydrogen) atoms. The average molecular weight is 374 g/mol. The molecule has 1 heterocycles. The topological polar surface area (TPSA) is 84.0 Å². The van der Waals surface area contributed by atoms with E-state index < -0.39 is 0 Å². The molecular formula is C22H22N4O2. The van der Waals surface area contributed by atoms with Crippen LogP contribution in [-0.4, -0.2) is 21.7 Å². The fourth-order valence-electron chi connectivity index (χ4n) is 2.76. The van der Waals surface area contributed by atoms with Gasteiger partial charge in [-0.15, -0.1) is 0 Å². The van der Waals surface area contributed by atoms with Gasteiger partial charge >= 0.3 is 0 Å². The number of hydrogen-bond acceptors (Lipinski definition) is 5. The average Bonchev–Trinajstić information content (AvgIpc) is 2.65. The lowest BCUT2D eigenvalue weighted by Crippen LogP contribution is -2.16. The van der Waals surface area contributed by atoms with Crippen molar-refractivity contribution in [2.45, 2.75) is 27.7 Å². The highest BCUT2D eigenvalue weighted by Gasteiger charge is 2.13. The Hall–Kier alpha value is -3.54. The standard InChI is InChI=1S/C22H22N4O2/c1-13-6-5-7-19(14(13)2)26-22(28)20-12-21(24-16(4)23-20)25-18-10-8-17(9-11-18)15(3)27/h5-12H,1-4H3,(H,26,28)(H,23,24,25). The molecule has 1 aromatic heterocycles. The second-order valence-corrected chi connectivity index (χ2v) is 6.65. The Bertz CT molecular complexity index is 1040. The lowest BCUT2D eigenvalue weighted by molar-refractivity contribution is 0.101. The van der Waals surface area contributed by atoms with E-state index in [9.17, 15) is 9.59 Å². The molecule has 2 N–H and O–H groups in total. The van der Waals surface area contributed by atoms with Gasteiger partial charge < -0.3 is 10.6 Å². The molecule has 0 aliphatic carbocycles. The highest BCUT2D eigenvalue weighted by atomic mass is 16.2. The zero-order valence-electron chi connectivity index (χ0n) is 16.3. The summed E-state index contributed by atoms with van der Waals surface area (Å²) in [4.78, 5) is 32.7. The van der Waals surface area contributed by atoms with Gasteiger partial charge in [0.25, 0.3) is 5.91 Å². The number of nitrogens with one attached hydrogen (secondary N) is 2. The Labute approximate surface area is 164 Å². The number of amides is 1. The van der Waals surface area contributed by atoms with Crippen LogP contribution >= 0.6 is 0 Å². The molecule has 0 spiro atoms. The van der Waals surface area contributed by atoms with Crippen LogP contribution < -0.4 is 10.6 Å². The predicted molar refractivity (Wildman–Crippen MR) is 110 cm³/mol. The summed E-state index contributed by atoms with van der Waals surface area (Å²) < 4.78 is 0. The van der Waals surface area contributed by atoms with Crippen LogP contribution in [0.5, 0.6) is 0 Å². The zero-order chi connectivity index (χ0) is 20.3. The van der Waals surface area contributed by atoms with E-state index >= 15 is 0 Å². The molecule has 0 fully saturated rings. The van der Waals surface area contributed by atoms with Crippen LogP contribution in [0.4, 0.5) is 17.2 Å². The summed E-state index contributed by atoms with van der Waals surface area (Å²) in [6.45, 7) is 7.23. The van der Waals surface area contributed by atoms with Gasteiger partial charge in [-0.2, -0.15) is 0 Å². The quantitative estimate of drug-likeness (QED) is 0.638. The molecule has 6 heteroatoms. The van der Waals surface area contributed by atoms with Crippen LogP contribution in [0.15, 0.2) is 48.5 Å².